The Labute approximate surface area is 346 Å². The first-order valence-electron chi connectivity index (χ1n) is 20.9. The van der Waals surface area contributed by atoms with Gasteiger partial charge in [-0.15, -0.1) is 0 Å². The molecule has 0 heterocycles. The SMILES string of the molecule is CCCCC/C=C\C[C@@H](O)/C=C/C=C/C=C\[C@@H](O)CCCC(=O)OC[C@H](COP(=O)(O)OC[C@@H](O)COP(=O)(O)O)OC(=O)CCCCCCCCCCC(C)CC. The largest absolute Gasteiger partial charge is 0.472 e. The molecule has 0 saturated carbocycles. The van der Waals surface area contributed by atoms with Gasteiger partial charge in [0.1, 0.15) is 12.7 Å². The quantitative estimate of drug-likeness (QED) is 0.0113. The van der Waals surface area contributed by atoms with Crippen molar-refractivity contribution in [3.8, 4) is 0 Å². The van der Waals surface area contributed by atoms with E-state index >= 15 is 0 Å². The van der Waals surface area contributed by atoms with E-state index in [0.717, 1.165) is 44.4 Å². The van der Waals surface area contributed by atoms with Crippen molar-refractivity contribution in [2.75, 3.05) is 26.4 Å². The van der Waals surface area contributed by atoms with Gasteiger partial charge in [0.25, 0.3) is 0 Å². The molecule has 0 rings (SSSR count). The zero-order chi connectivity index (χ0) is 43.5. The van der Waals surface area contributed by atoms with Gasteiger partial charge in [-0.25, -0.2) is 9.13 Å². The fourth-order valence-corrected chi connectivity index (χ4v) is 6.44. The van der Waals surface area contributed by atoms with E-state index in [0.29, 0.717) is 12.8 Å². The van der Waals surface area contributed by atoms with Gasteiger partial charge in [0.05, 0.1) is 32.0 Å². The summed E-state index contributed by atoms with van der Waals surface area (Å²) in [6.07, 6.45) is 26.1. The minimum Gasteiger partial charge on any atom is -0.462 e. The molecule has 15 nitrogen and oxygen atoms in total. The first-order valence-corrected chi connectivity index (χ1v) is 24.0. The molecule has 0 spiro atoms. The molecular formula is C41H74O15P2. The topological polar surface area (TPSA) is 236 Å². The van der Waals surface area contributed by atoms with Crippen LogP contribution in [0.5, 0.6) is 0 Å². The maximum atomic E-state index is 12.6. The van der Waals surface area contributed by atoms with Gasteiger partial charge in [-0.05, 0) is 44.4 Å². The number of carbonyl (C=O) groups is 2. The summed E-state index contributed by atoms with van der Waals surface area (Å²) in [6, 6.07) is 0. The molecule has 0 aromatic heterocycles. The molecule has 58 heavy (non-hydrogen) atoms. The molecule has 0 aliphatic carbocycles. The zero-order valence-corrected chi connectivity index (χ0v) is 36.8. The van der Waals surface area contributed by atoms with Crippen LogP contribution in [0.4, 0.5) is 0 Å². The Bertz CT molecular complexity index is 1270. The third-order valence-corrected chi connectivity index (χ3v) is 10.4. The molecule has 338 valence electrons. The second-order valence-electron chi connectivity index (χ2n) is 14.6. The number of hydrogen-bond donors (Lipinski definition) is 6. The van der Waals surface area contributed by atoms with Crippen molar-refractivity contribution in [2.24, 2.45) is 5.92 Å². The molecule has 0 aliphatic heterocycles. The van der Waals surface area contributed by atoms with Crippen molar-refractivity contribution in [1.29, 1.82) is 0 Å². The van der Waals surface area contributed by atoms with Crippen molar-refractivity contribution in [1.82, 2.24) is 0 Å². The van der Waals surface area contributed by atoms with Crippen molar-refractivity contribution in [2.45, 2.75) is 167 Å². The van der Waals surface area contributed by atoms with Gasteiger partial charge in [-0.1, -0.05) is 140 Å². The van der Waals surface area contributed by atoms with Crippen LogP contribution in [-0.2, 0) is 41.8 Å². The van der Waals surface area contributed by atoms with Crippen LogP contribution in [0.15, 0.2) is 48.6 Å². The minimum absolute atomic E-state index is 0.0655. The fourth-order valence-electron chi connectivity index (χ4n) is 5.28. The minimum atomic E-state index is -4.89. The average Bonchev–Trinajstić information content (AvgIpc) is 3.17. The molecular weight excluding hydrogens is 794 g/mol. The first kappa shape index (κ1) is 56.0. The molecule has 0 bridgehead atoms. The molecule has 0 amide bonds. The molecule has 6 N–H and O–H groups in total. The molecule has 6 atom stereocenters. The van der Waals surface area contributed by atoms with Crippen LogP contribution in [0.25, 0.3) is 0 Å². The number of unbranched alkanes of at least 4 members (excludes halogenated alkanes) is 10. The Kier molecular flexibility index (Phi) is 34.5. The van der Waals surface area contributed by atoms with Crippen molar-refractivity contribution in [3.63, 3.8) is 0 Å². The van der Waals surface area contributed by atoms with Crippen molar-refractivity contribution < 1.29 is 71.8 Å². The molecule has 0 saturated heterocycles. The smallest absolute Gasteiger partial charge is 0.462 e. The number of esters is 2. The molecule has 0 aliphatic rings. The molecule has 0 radical (unpaired) electrons. The Morgan fingerprint density at radius 2 is 1.21 bits per heavy atom. The summed E-state index contributed by atoms with van der Waals surface area (Å²) in [5.41, 5.74) is 0. The molecule has 0 fully saturated rings. The fraction of sp³-hybridized carbons (Fsp3) is 0.756. The Balaban J connectivity index is 4.80. The predicted molar refractivity (Wildman–Crippen MR) is 223 cm³/mol. The van der Waals surface area contributed by atoms with Crippen molar-refractivity contribution >= 4 is 27.6 Å². The number of allylic oxidation sites excluding steroid dienone is 5. The monoisotopic (exact) mass is 868 g/mol. The van der Waals surface area contributed by atoms with E-state index in [4.69, 9.17) is 23.8 Å². The van der Waals surface area contributed by atoms with E-state index in [1.807, 2.05) is 6.08 Å². The van der Waals surface area contributed by atoms with Crippen LogP contribution in [0, 0.1) is 5.92 Å². The number of phosphoric acid groups is 2. The van der Waals surface area contributed by atoms with E-state index < -0.39 is 78.4 Å². The highest BCUT2D eigenvalue weighted by Gasteiger charge is 2.28. The number of ether oxygens (including phenoxy) is 2. The number of aliphatic hydroxyl groups excluding tert-OH is 3. The number of carbonyl (C=O) groups excluding carboxylic acids is 2. The maximum absolute atomic E-state index is 12.6. The summed E-state index contributed by atoms with van der Waals surface area (Å²) in [6.45, 7) is 3.68. The predicted octanol–water partition coefficient (Wildman–Crippen LogP) is 8.08. The van der Waals surface area contributed by atoms with E-state index in [-0.39, 0.29) is 25.7 Å². The van der Waals surface area contributed by atoms with Gasteiger partial charge in [0.2, 0.25) is 0 Å². The van der Waals surface area contributed by atoms with Crippen molar-refractivity contribution in [3.05, 3.63) is 48.6 Å². The summed E-state index contributed by atoms with van der Waals surface area (Å²) in [7, 11) is -9.75. The summed E-state index contributed by atoms with van der Waals surface area (Å²) in [5, 5.41) is 30.0. The summed E-state index contributed by atoms with van der Waals surface area (Å²) >= 11 is 0. The van der Waals surface area contributed by atoms with Gasteiger partial charge in [0.15, 0.2) is 6.10 Å². The summed E-state index contributed by atoms with van der Waals surface area (Å²) in [5.74, 6) is -0.507. The van der Waals surface area contributed by atoms with Gasteiger partial charge in [-0.3, -0.25) is 23.2 Å². The zero-order valence-electron chi connectivity index (χ0n) is 35.0. The molecule has 0 aromatic carbocycles. The van der Waals surface area contributed by atoms with E-state index in [2.05, 4.69) is 35.9 Å². The highest BCUT2D eigenvalue weighted by Crippen LogP contribution is 2.43. The van der Waals surface area contributed by atoms with Gasteiger partial charge >= 0.3 is 27.6 Å². The normalized spacial score (nSPS) is 16.2. The summed E-state index contributed by atoms with van der Waals surface area (Å²) < 4.78 is 47.5. The third kappa shape index (κ3) is 38.2. The van der Waals surface area contributed by atoms with E-state index in [1.165, 1.54) is 44.9 Å². The van der Waals surface area contributed by atoms with E-state index in [9.17, 15) is 38.9 Å². The van der Waals surface area contributed by atoms with Crippen LogP contribution in [0.1, 0.15) is 143 Å². The average molecular weight is 869 g/mol. The Morgan fingerprint density at radius 1 is 0.621 bits per heavy atom. The molecule has 17 heteroatoms. The molecule has 2 unspecified atom stereocenters. The second kappa shape index (κ2) is 35.7. The lowest BCUT2D eigenvalue weighted by molar-refractivity contribution is -0.161. The highest BCUT2D eigenvalue weighted by molar-refractivity contribution is 7.47. The van der Waals surface area contributed by atoms with Gasteiger partial charge < -0.3 is 39.5 Å². The van der Waals surface area contributed by atoms with Crippen LogP contribution in [-0.4, -0.2) is 92.8 Å². The Morgan fingerprint density at radius 3 is 1.84 bits per heavy atom. The maximum Gasteiger partial charge on any atom is 0.472 e. The lowest BCUT2D eigenvalue weighted by Crippen LogP contribution is -2.30. The number of rotatable bonds is 38. The third-order valence-electron chi connectivity index (χ3n) is 8.94. The lowest BCUT2D eigenvalue weighted by Gasteiger charge is -2.20. The number of aliphatic hydroxyl groups is 3. The van der Waals surface area contributed by atoms with Crippen LogP contribution >= 0.6 is 15.6 Å². The number of phosphoric ester groups is 2. The standard InChI is InChI=1S/C41H74O15P2/c1-4-6-7-8-14-19-25-36(42)26-20-16-17-21-27-37(43)28-23-30-40(45)52-33-39(34-55-58(50,51)54-32-38(44)31-53-57(47,48)49)56-41(46)29-22-15-12-10-9-11-13-18-24-35(3)5-2/h14,16-17,19-21,26-27,35-39,42-44H,4-13,15,18,22-25,28-34H2,1-3H3,(H,50,51)(H2,47,48,49)/b17-16+,19-14-,26-20+,27-21-/t35?,36-,37-,38+,39-/m1/s1. The van der Waals surface area contributed by atoms with Crippen LogP contribution in [0.3, 0.4) is 0 Å². The Hall–Kier alpha value is -2.00. The lowest BCUT2D eigenvalue weighted by atomic mass is 9.99. The van der Waals surface area contributed by atoms with Gasteiger partial charge in [-0.2, -0.15) is 0 Å². The molecule has 0 aromatic rings. The van der Waals surface area contributed by atoms with Crippen LogP contribution < -0.4 is 0 Å². The van der Waals surface area contributed by atoms with Gasteiger partial charge in [0, 0.05) is 12.8 Å². The summed E-state index contributed by atoms with van der Waals surface area (Å²) in [4.78, 5) is 52.6. The first-order chi connectivity index (χ1) is 27.6. The highest BCUT2D eigenvalue weighted by atomic mass is 31.2. The van der Waals surface area contributed by atoms with Crippen LogP contribution in [0.2, 0.25) is 0 Å². The van der Waals surface area contributed by atoms with E-state index in [1.54, 1.807) is 36.5 Å². The number of hydrogen-bond acceptors (Lipinski definition) is 12. The second-order valence-corrected chi connectivity index (χ2v) is 17.3.